The number of nitrogens with one attached hydrogen (secondary N) is 1. The zero-order valence-electron chi connectivity index (χ0n) is 8.40. The highest BCUT2D eigenvalue weighted by Gasteiger charge is 2.09. The molecule has 0 fully saturated rings. The lowest BCUT2D eigenvalue weighted by Gasteiger charge is -2.04. The van der Waals surface area contributed by atoms with E-state index in [9.17, 15) is 4.39 Å². The summed E-state index contributed by atoms with van der Waals surface area (Å²) in [5, 5.41) is 6.42. The van der Waals surface area contributed by atoms with Gasteiger partial charge >= 0.3 is 0 Å². The molecule has 1 heterocycles. The summed E-state index contributed by atoms with van der Waals surface area (Å²) in [5.41, 5.74) is 0.521. The molecule has 0 unspecified atom stereocenters. The van der Waals surface area contributed by atoms with Crippen LogP contribution in [0.4, 0.5) is 4.39 Å². The molecule has 84 valence electrons. The number of H-pyrrole nitrogens is 1. The van der Waals surface area contributed by atoms with Gasteiger partial charge in [-0.1, -0.05) is 0 Å². The zero-order valence-corrected chi connectivity index (χ0v) is 9.21. The third kappa shape index (κ3) is 1.65. The minimum atomic E-state index is -0.478. The highest BCUT2D eigenvalue weighted by Crippen LogP contribution is 2.23. The maximum absolute atomic E-state index is 13.4. The fraction of sp³-hybridized carbons (Fsp3) is 0.111. The Bertz CT molecular complexity index is 577. The Kier molecular flexibility index (Phi) is 2.61. The summed E-state index contributed by atoms with van der Waals surface area (Å²) < 4.78 is 19.7. The van der Waals surface area contributed by atoms with Crippen LogP contribution in [0.1, 0.15) is 0 Å². The first-order valence-corrected chi connectivity index (χ1v) is 4.80. The van der Waals surface area contributed by atoms with Crippen LogP contribution in [0.3, 0.4) is 0 Å². The van der Waals surface area contributed by atoms with E-state index in [4.69, 9.17) is 22.8 Å². The minimum Gasteiger partial charge on any atom is -0.494 e. The standard InChI is InChI=1S/C9H9FN4OS/c1-15-7-3-2-5(4-6(7)10)8-12-13-9(16)14(8)11/h2-4H,11H2,1H3,(H,13,16). The van der Waals surface area contributed by atoms with Crippen LogP contribution in [0, 0.1) is 10.6 Å². The number of nitrogen functional groups attached to an aromatic ring is 1. The van der Waals surface area contributed by atoms with Crippen molar-refractivity contribution in [3.63, 3.8) is 0 Å². The van der Waals surface area contributed by atoms with E-state index >= 15 is 0 Å². The number of hydrogen-bond donors (Lipinski definition) is 2. The lowest BCUT2D eigenvalue weighted by Crippen LogP contribution is -2.10. The molecule has 5 nitrogen and oxygen atoms in total. The summed E-state index contributed by atoms with van der Waals surface area (Å²) >= 11 is 4.86. The number of methoxy groups -OCH3 is 1. The summed E-state index contributed by atoms with van der Waals surface area (Å²) in [4.78, 5) is 0. The Balaban J connectivity index is 2.53. The molecule has 0 atom stereocenters. The van der Waals surface area contributed by atoms with Gasteiger partial charge in [-0.05, 0) is 30.4 Å². The van der Waals surface area contributed by atoms with Crippen LogP contribution in [-0.2, 0) is 0 Å². The molecule has 16 heavy (non-hydrogen) atoms. The molecule has 0 spiro atoms. The molecule has 2 rings (SSSR count). The second kappa shape index (κ2) is 3.93. The van der Waals surface area contributed by atoms with Gasteiger partial charge in [0.25, 0.3) is 0 Å². The average molecular weight is 240 g/mol. The van der Waals surface area contributed by atoms with E-state index < -0.39 is 5.82 Å². The predicted molar refractivity (Wildman–Crippen MR) is 59.5 cm³/mol. The Morgan fingerprint density at radius 1 is 1.56 bits per heavy atom. The summed E-state index contributed by atoms with van der Waals surface area (Å²) in [6.07, 6.45) is 0. The highest BCUT2D eigenvalue weighted by atomic mass is 32.1. The molecule has 1 aromatic heterocycles. The summed E-state index contributed by atoms with van der Waals surface area (Å²) in [6, 6.07) is 4.44. The van der Waals surface area contributed by atoms with Gasteiger partial charge in [0.1, 0.15) is 0 Å². The largest absolute Gasteiger partial charge is 0.494 e. The smallest absolute Gasteiger partial charge is 0.214 e. The third-order valence-corrected chi connectivity index (χ3v) is 2.40. The summed E-state index contributed by atoms with van der Waals surface area (Å²) in [7, 11) is 1.40. The number of rotatable bonds is 2. The topological polar surface area (TPSA) is 68.9 Å². The van der Waals surface area contributed by atoms with Crippen LogP contribution in [0.2, 0.25) is 0 Å². The molecule has 0 bridgehead atoms. The van der Waals surface area contributed by atoms with Crippen LogP contribution in [0.5, 0.6) is 5.75 Å². The van der Waals surface area contributed by atoms with Crippen molar-refractivity contribution in [1.29, 1.82) is 0 Å². The number of hydrogen-bond acceptors (Lipinski definition) is 4. The van der Waals surface area contributed by atoms with Crippen molar-refractivity contribution in [1.82, 2.24) is 14.9 Å². The number of benzene rings is 1. The Labute approximate surface area is 95.6 Å². The van der Waals surface area contributed by atoms with Crippen molar-refractivity contribution in [3.8, 4) is 17.1 Å². The van der Waals surface area contributed by atoms with E-state index in [-0.39, 0.29) is 10.5 Å². The molecule has 1 aromatic carbocycles. The maximum Gasteiger partial charge on any atom is 0.214 e. The zero-order chi connectivity index (χ0) is 11.7. The van der Waals surface area contributed by atoms with Gasteiger partial charge in [-0.15, -0.1) is 0 Å². The van der Waals surface area contributed by atoms with Gasteiger partial charge in [0.2, 0.25) is 4.77 Å². The molecule has 0 aliphatic carbocycles. The normalized spacial score (nSPS) is 10.4. The second-order valence-electron chi connectivity index (χ2n) is 3.07. The summed E-state index contributed by atoms with van der Waals surface area (Å²) in [5.74, 6) is 5.68. The lowest BCUT2D eigenvalue weighted by molar-refractivity contribution is 0.386. The molecule has 0 radical (unpaired) electrons. The van der Waals surface area contributed by atoms with Gasteiger partial charge in [-0.25, -0.2) is 14.2 Å². The Morgan fingerprint density at radius 2 is 2.31 bits per heavy atom. The number of nitrogens with zero attached hydrogens (tertiary/aromatic N) is 2. The van der Waals surface area contributed by atoms with Crippen LogP contribution < -0.4 is 10.6 Å². The molecular weight excluding hydrogens is 231 g/mol. The average Bonchev–Trinajstić information content (AvgIpc) is 2.60. The fourth-order valence-corrected chi connectivity index (χ4v) is 1.45. The van der Waals surface area contributed by atoms with E-state index in [0.29, 0.717) is 11.4 Å². The molecule has 0 saturated carbocycles. The Morgan fingerprint density at radius 3 is 2.81 bits per heavy atom. The minimum absolute atomic E-state index is 0.168. The predicted octanol–water partition coefficient (Wildman–Crippen LogP) is 1.47. The van der Waals surface area contributed by atoms with E-state index in [1.807, 2.05) is 0 Å². The Hall–Kier alpha value is -1.89. The van der Waals surface area contributed by atoms with Crippen LogP contribution in [0.15, 0.2) is 18.2 Å². The quantitative estimate of drug-likeness (QED) is 0.616. The van der Waals surface area contributed by atoms with E-state index in [1.165, 1.54) is 23.9 Å². The first-order chi connectivity index (χ1) is 7.63. The SMILES string of the molecule is COc1ccc(-c2n[nH]c(=S)n2N)cc1F. The first kappa shape index (κ1) is 10.6. The maximum atomic E-state index is 13.4. The molecule has 2 aromatic rings. The van der Waals surface area contributed by atoms with E-state index in [2.05, 4.69) is 10.2 Å². The van der Waals surface area contributed by atoms with Crippen molar-refractivity contribution >= 4 is 12.2 Å². The molecule has 0 amide bonds. The fourth-order valence-electron chi connectivity index (χ4n) is 1.31. The van der Waals surface area contributed by atoms with Gasteiger partial charge in [0.05, 0.1) is 7.11 Å². The molecule has 0 aliphatic heterocycles. The number of ether oxygens (including phenoxy) is 1. The third-order valence-electron chi connectivity index (χ3n) is 2.11. The lowest BCUT2D eigenvalue weighted by atomic mass is 10.2. The number of nitrogens with two attached hydrogens (primary N) is 1. The van der Waals surface area contributed by atoms with Crippen LogP contribution >= 0.6 is 12.2 Å². The highest BCUT2D eigenvalue weighted by molar-refractivity contribution is 7.71. The van der Waals surface area contributed by atoms with Gasteiger partial charge in [0.15, 0.2) is 17.4 Å². The van der Waals surface area contributed by atoms with E-state index in [1.54, 1.807) is 6.07 Å². The molecule has 7 heteroatoms. The monoisotopic (exact) mass is 240 g/mol. The van der Waals surface area contributed by atoms with Gasteiger partial charge < -0.3 is 10.6 Å². The molecule has 0 saturated heterocycles. The number of halogens is 1. The van der Waals surface area contributed by atoms with E-state index in [0.717, 1.165) is 0 Å². The van der Waals surface area contributed by atoms with Crippen molar-refractivity contribution in [2.24, 2.45) is 0 Å². The van der Waals surface area contributed by atoms with Crippen molar-refractivity contribution in [2.45, 2.75) is 0 Å². The van der Waals surface area contributed by atoms with Crippen molar-refractivity contribution in [3.05, 3.63) is 28.8 Å². The second-order valence-corrected chi connectivity index (χ2v) is 3.46. The molecular formula is C9H9FN4OS. The van der Waals surface area contributed by atoms with Gasteiger partial charge in [0, 0.05) is 5.56 Å². The van der Waals surface area contributed by atoms with Crippen LogP contribution in [0.25, 0.3) is 11.4 Å². The molecule has 0 aliphatic rings. The first-order valence-electron chi connectivity index (χ1n) is 4.40. The van der Waals surface area contributed by atoms with Gasteiger partial charge in [-0.2, -0.15) is 5.10 Å². The van der Waals surface area contributed by atoms with Gasteiger partial charge in [-0.3, -0.25) is 0 Å². The van der Waals surface area contributed by atoms with Crippen molar-refractivity contribution in [2.75, 3.05) is 13.0 Å². The number of aromatic amines is 1. The molecule has 3 N–H and O–H groups in total. The van der Waals surface area contributed by atoms with Crippen molar-refractivity contribution < 1.29 is 9.13 Å². The summed E-state index contributed by atoms with van der Waals surface area (Å²) in [6.45, 7) is 0. The number of aromatic nitrogens is 3. The van der Waals surface area contributed by atoms with Crippen LogP contribution in [-0.4, -0.2) is 22.0 Å².